The number of ether oxygens (including phenoxy) is 1. The van der Waals surface area contributed by atoms with E-state index in [1.54, 1.807) is 4.90 Å². The molecule has 0 unspecified atom stereocenters. The zero-order valence-corrected chi connectivity index (χ0v) is 15.6. The van der Waals surface area contributed by atoms with Crippen molar-refractivity contribution in [2.75, 3.05) is 39.3 Å². The molecule has 1 aromatic carbocycles. The van der Waals surface area contributed by atoms with Crippen LogP contribution in [0.25, 0.3) is 0 Å². The molecule has 1 aromatic rings. The first-order valence-electron chi connectivity index (χ1n) is 9.11. The smallest absolute Gasteiger partial charge is 0.269 e. The third-order valence-corrected chi connectivity index (χ3v) is 4.84. The number of carbonyl (C=O) groups is 4. The predicted octanol–water partition coefficient (Wildman–Crippen LogP) is -0.207. The Morgan fingerprint density at radius 3 is 1.97 bits per heavy atom. The molecule has 0 atom stereocenters. The number of rotatable bonds is 6. The Hall–Kier alpha value is -3.50. The van der Waals surface area contributed by atoms with Crippen molar-refractivity contribution in [3.05, 3.63) is 34.4 Å². The van der Waals surface area contributed by atoms with Crippen LogP contribution in [0.1, 0.15) is 12.8 Å². The lowest BCUT2D eigenvalue weighted by Gasteiger charge is -2.35. The number of imide groups is 1. The van der Waals surface area contributed by atoms with Crippen molar-refractivity contribution >= 4 is 29.3 Å². The first-order chi connectivity index (χ1) is 13.8. The van der Waals surface area contributed by atoms with Gasteiger partial charge in [-0.2, -0.15) is 0 Å². The van der Waals surface area contributed by atoms with Crippen LogP contribution >= 0.6 is 0 Å². The molecule has 0 radical (unpaired) electrons. The van der Waals surface area contributed by atoms with Gasteiger partial charge in [0.15, 0.2) is 6.61 Å². The van der Waals surface area contributed by atoms with Crippen molar-refractivity contribution in [1.82, 2.24) is 14.7 Å². The predicted molar refractivity (Wildman–Crippen MR) is 97.7 cm³/mol. The molecule has 3 rings (SSSR count). The molecular formula is C18H20N4O7. The maximum atomic E-state index is 12.3. The maximum Gasteiger partial charge on any atom is 0.269 e. The van der Waals surface area contributed by atoms with Crippen LogP contribution < -0.4 is 4.74 Å². The second kappa shape index (κ2) is 8.67. The molecule has 2 heterocycles. The largest absolute Gasteiger partial charge is 0.484 e. The summed E-state index contributed by atoms with van der Waals surface area (Å²) in [4.78, 5) is 62.0. The summed E-state index contributed by atoms with van der Waals surface area (Å²) in [6.07, 6.45) is 0.284. The van der Waals surface area contributed by atoms with E-state index >= 15 is 0 Å². The van der Waals surface area contributed by atoms with Gasteiger partial charge in [0.1, 0.15) is 12.3 Å². The van der Waals surface area contributed by atoms with Crippen LogP contribution in [0.15, 0.2) is 24.3 Å². The molecule has 2 aliphatic heterocycles. The summed E-state index contributed by atoms with van der Waals surface area (Å²) in [7, 11) is 0. The van der Waals surface area contributed by atoms with Gasteiger partial charge in [0, 0.05) is 51.2 Å². The van der Waals surface area contributed by atoms with Gasteiger partial charge >= 0.3 is 0 Å². The van der Waals surface area contributed by atoms with Gasteiger partial charge < -0.3 is 14.5 Å². The molecule has 11 heteroatoms. The van der Waals surface area contributed by atoms with Crippen LogP contribution in [0.3, 0.4) is 0 Å². The number of piperazine rings is 1. The molecule has 29 heavy (non-hydrogen) atoms. The van der Waals surface area contributed by atoms with Crippen molar-refractivity contribution < 1.29 is 28.8 Å². The van der Waals surface area contributed by atoms with E-state index < -0.39 is 4.92 Å². The van der Waals surface area contributed by atoms with Gasteiger partial charge in [-0.25, -0.2) is 0 Å². The number of hydrogen-bond acceptors (Lipinski definition) is 7. The van der Waals surface area contributed by atoms with E-state index in [1.165, 1.54) is 29.2 Å². The summed E-state index contributed by atoms with van der Waals surface area (Å²) in [5.74, 6) is -0.901. The fourth-order valence-corrected chi connectivity index (χ4v) is 3.14. The Morgan fingerprint density at radius 2 is 1.45 bits per heavy atom. The summed E-state index contributed by atoms with van der Waals surface area (Å²) >= 11 is 0. The molecule has 4 amide bonds. The lowest BCUT2D eigenvalue weighted by Crippen LogP contribution is -2.53. The van der Waals surface area contributed by atoms with Gasteiger partial charge in [0.25, 0.3) is 11.6 Å². The van der Waals surface area contributed by atoms with Crippen molar-refractivity contribution in [2.45, 2.75) is 12.8 Å². The third-order valence-electron chi connectivity index (χ3n) is 4.84. The lowest BCUT2D eigenvalue weighted by atomic mass is 10.3. The van der Waals surface area contributed by atoms with Crippen molar-refractivity contribution in [3.8, 4) is 5.75 Å². The molecule has 0 bridgehead atoms. The van der Waals surface area contributed by atoms with E-state index in [1.807, 2.05) is 0 Å². The Morgan fingerprint density at radius 1 is 0.931 bits per heavy atom. The van der Waals surface area contributed by atoms with Crippen LogP contribution in [-0.4, -0.2) is 82.6 Å². The fourth-order valence-electron chi connectivity index (χ4n) is 3.14. The van der Waals surface area contributed by atoms with Gasteiger partial charge in [-0.15, -0.1) is 0 Å². The zero-order chi connectivity index (χ0) is 21.0. The molecule has 154 valence electrons. The molecule has 0 aromatic heterocycles. The third kappa shape index (κ3) is 4.86. The standard InChI is InChI=1S/C18H20N4O7/c23-15-5-6-16(24)21(15)11-17(25)19-7-9-20(10-8-19)18(26)12-29-14-3-1-13(2-4-14)22(27)28/h1-4H,5-12H2. The highest BCUT2D eigenvalue weighted by Crippen LogP contribution is 2.17. The number of hydrogen-bond donors (Lipinski definition) is 0. The molecular weight excluding hydrogens is 384 g/mol. The number of amides is 4. The van der Waals surface area contributed by atoms with Gasteiger partial charge in [-0.05, 0) is 12.1 Å². The SMILES string of the molecule is O=C(COc1ccc([N+](=O)[O-])cc1)N1CCN(C(=O)CN2C(=O)CCC2=O)CC1. The van der Waals surface area contributed by atoms with E-state index in [9.17, 15) is 29.3 Å². The molecule has 0 N–H and O–H groups in total. The Kier molecular flexibility index (Phi) is 6.05. The number of nitro benzene ring substituents is 1. The van der Waals surface area contributed by atoms with Gasteiger partial charge in [-0.1, -0.05) is 0 Å². The Labute approximate surface area is 165 Å². The highest BCUT2D eigenvalue weighted by atomic mass is 16.6. The minimum atomic E-state index is -0.523. The van der Waals surface area contributed by atoms with E-state index in [2.05, 4.69) is 0 Å². The van der Waals surface area contributed by atoms with E-state index in [0.29, 0.717) is 31.9 Å². The molecule has 2 fully saturated rings. The molecule has 2 saturated heterocycles. The maximum absolute atomic E-state index is 12.3. The second-order valence-electron chi connectivity index (χ2n) is 6.67. The monoisotopic (exact) mass is 404 g/mol. The lowest BCUT2D eigenvalue weighted by molar-refractivity contribution is -0.384. The van der Waals surface area contributed by atoms with E-state index in [-0.39, 0.29) is 55.3 Å². The zero-order valence-electron chi connectivity index (χ0n) is 15.6. The number of nitrogens with zero attached hydrogens (tertiary/aromatic N) is 4. The summed E-state index contributed by atoms with van der Waals surface area (Å²) in [5, 5.41) is 10.6. The summed E-state index contributed by atoms with van der Waals surface area (Å²) < 4.78 is 5.37. The fraction of sp³-hybridized carbons (Fsp3) is 0.444. The topological polar surface area (TPSA) is 130 Å². The van der Waals surface area contributed by atoms with Crippen LogP contribution in [-0.2, 0) is 19.2 Å². The second-order valence-corrected chi connectivity index (χ2v) is 6.67. The van der Waals surface area contributed by atoms with E-state index in [4.69, 9.17) is 4.74 Å². The van der Waals surface area contributed by atoms with Crippen LogP contribution in [0.5, 0.6) is 5.75 Å². The summed E-state index contributed by atoms with van der Waals surface area (Å²) in [5.41, 5.74) is -0.0678. The average Bonchev–Trinajstić information content (AvgIpc) is 3.04. The minimum absolute atomic E-state index is 0.0678. The highest BCUT2D eigenvalue weighted by molar-refractivity contribution is 6.04. The Bertz CT molecular complexity index is 815. The Balaban J connectivity index is 1.43. The van der Waals surface area contributed by atoms with Gasteiger partial charge in [0.2, 0.25) is 17.7 Å². The van der Waals surface area contributed by atoms with E-state index in [0.717, 1.165) is 4.90 Å². The number of non-ortho nitro benzene ring substituents is 1. The van der Waals surface area contributed by atoms with Crippen LogP contribution in [0, 0.1) is 10.1 Å². The number of nitro groups is 1. The summed E-state index contributed by atoms with van der Waals surface area (Å²) in [6.45, 7) is 0.764. The minimum Gasteiger partial charge on any atom is -0.484 e. The first kappa shape index (κ1) is 20.2. The van der Waals surface area contributed by atoms with Crippen molar-refractivity contribution in [3.63, 3.8) is 0 Å². The molecule has 2 aliphatic rings. The first-order valence-corrected chi connectivity index (χ1v) is 9.11. The molecule has 11 nitrogen and oxygen atoms in total. The molecule has 0 saturated carbocycles. The molecule has 0 aliphatic carbocycles. The number of likely N-dealkylation sites (tertiary alicyclic amines) is 1. The van der Waals surface area contributed by atoms with Crippen LogP contribution in [0.4, 0.5) is 5.69 Å². The number of benzene rings is 1. The number of carbonyl (C=O) groups excluding carboxylic acids is 4. The molecule has 0 spiro atoms. The van der Waals surface area contributed by atoms with Crippen LogP contribution in [0.2, 0.25) is 0 Å². The summed E-state index contributed by atoms with van der Waals surface area (Å²) in [6, 6.07) is 5.42. The normalized spacial score (nSPS) is 16.9. The van der Waals surface area contributed by atoms with Crippen molar-refractivity contribution in [1.29, 1.82) is 0 Å². The van der Waals surface area contributed by atoms with Gasteiger partial charge in [0.05, 0.1) is 4.92 Å². The average molecular weight is 404 g/mol. The van der Waals surface area contributed by atoms with Crippen molar-refractivity contribution in [2.24, 2.45) is 0 Å². The quantitative estimate of drug-likeness (QED) is 0.364. The van der Waals surface area contributed by atoms with Gasteiger partial charge in [-0.3, -0.25) is 34.2 Å². The highest BCUT2D eigenvalue weighted by Gasteiger charge is 2.33.